The Morgan fingerprint density at radius 1 is 1.56 bits per heavy atom. The molecule has 1 aromatic rings. The molecule has 0 aliphatic carbocycles. The van der Waals surface area contributed by atoms with Gasteiger partial charge in [-0.1, -0.05) is 6.07 Å². The Morgan fingerprint density at radius 2 is 2.33 bits per heavy atom. The van der Waals surface area contributed by atoms with Gasteiger partial charge in [-0.2, -0.15) is 0 Å². The number of aromatic nitrogens is 1. The Labute approximate surface area is 107 Å². The van der Waals surface area contributed by atoms with Crippen molar-refractivity contribution in [2.75, 3.05) is 13.2 Å². The highest BCUT2D eigenvalue weighted by atomic mass is 16.5. The van der Waals surface area contributed by atoms with Crippen molar-refractivity contribution >= 4 is 5.97 Å². The monoisotopic (exact) mass is 252 g/mol. The van der Waals surface area contributed by atoms with Crippen LogP contribution in [-0.4, -0.2) is 35.3 Å². The fourth-order valence-corrected chi connectivity index (χ4v) is 1.53. The molecule has 0 radical (unpaired) electrons. The van der Waals surface area contributed by atoms with E-state index >= 15 is 0 Å². The lowest BCUT2D eigenvalue weighted by Crippen LogP contribution is -2.31. The number of carbonyl (C=O) groups excluding carboxylic acids is 1. The molecule has 0 amide bonds. The van der Waals surface area contributed by atoms with E-state index in [4.69, 9.17) is 4.74 Å². The Balaban J connectivity index is 2.30. The molecule has 0 spiro atoms. The molecule has 5 heteroatoms. The lowest BCUT2D eigenvalue weighted by Gasteiger charge is -2.16. The molecule has 0 fully saturated rings. The number of nitrogens with zero attached hydrogens (tertiary/aromatic N) is 1. The van der Waals surface area contributed by atoms with Crippen LogP contribution in [-0.2, 0) is 9.53 Å². The number of pyridine rings is 1. The average Bonchev–Trinajstić information content (AvgIpc) is 2.37. The van der Waals surface area contributed by atoms with E-state index in [0.29, 0.717) is 13.2 Å². The number of carbonyl (C=O) groups is 1. The minimum Gasteiger partial charge on any atom is -0.466 e. The first kappa shape index (κ1) is 14.6. The summed E-state index contributed by atoms with van der Waals surface area (Å²) in [5.74, 6) is -0.378. The second-order valence-corrected chi connectivity index (χ2v) is 4.05. The lowest BCUT2D eigenvalue weighted by atomic mass is 10.2. The third-order valence-corrected chi connectivity index (χ3v) is 2.50. The number of rotatable bonds is 7. The Kier molecular flexibility index (Phi) is 6.32. The third-order valence-electron chi connectivity index (χ3n) is 2.50. The van der Waals surface area contributed by atoms with Crippen LogP contribution in [0, 0.1) is 0 Å². The van der Waals surface area contributed by atoms with Gasteiger partial charge in [0, 0.05) is 18.8 Å². The zero-order valence-electron chi connectivity index (χ0n) is 10.8. The first-order valence-electron chi connectivity index (χ1n) is 6.11. The number of hydrogen-bond donors (Lipinski definition) is 2. The summed E-state index contributed by atoms with van der Waals surface area (Å²) in [5.41, 5.74) is 0.904. The van der Waals surface area contributed by atoms with Gasteiger partial charge in [0.15, 0.2) is 0 Å². The summed E-state index contributed by atoms with van der Waals surface area (Å²) in [6, 6.07) is 5.71. The van der Waals surface area contributed by atoms with E-state index in [1.165, 1.54) is 0 Å². The molecular weight excluding hydrogens is 232 g/mol. The van der Waals surface area contributed by atoms with Crippen LogP contribution < -0.4 is 5.32 Å². The molecule has 2 atom stereocenters. The second-order valence-electron chi connectivity index (χ2n) is 4.05. The van der Waals surface area contributed by atoms with Crippen molar-refractivity contribution < 1.29 is 14.6 Å². The Morgan fingerprint density at radius 3 is 2.94 bits per heavy atom. The van der Waals surface area contributed by atoms with Gasteiger partial charge in [-0.15, -0.1) is 0 Å². The van der Waals surface area contributed by atoms with Gasteiger partial charge < -0.3 is 15.2 Å². The van der Waals surface area contributed by atoms with Crippen molar-refractivity contribution in [2.24, 2.45) is 0 Å². The van der Waals surface area contributed by atoms with Crippen molar-refractivity contribution in [1.82, 2.24) is 10.3 Å². The van der Waals surface area contributed by atoms with Crippen LogP contribution in [0.15, 0.2) is 24.4 Å². The zero-order valence-corrected chi connectivity index (χ0v) is 10.8. The van der Waals surface area contributed by atoms with Crippen molar-refractivity contribution in [2.45, 2.75) is 32.4 Å². The van der Waals surface area contributed by atoms with Gasteiger partial charge in [0.1, 0.15) is 0 Å². The highest BCUT2D eigenvalue weighted by molar-refractivity contribution is 5.69. The predicted octanol–water partition coefficient (Wildman–Crippen LogP) is 1.05. The molecule has 0 saturated heterocycles. The molecule has 1 unspecified atom stereocenters. The maximum Gasteiger partial charge on any atom is 0.308 e. The zero-order chi connectivity index (χ0) is 13.4. The first-order chi connectivity index (χ1) is 8.63. The molecule has 2 N–H and O–H groups in total. The molecule has 5 nitrogen and oxygen atoms in total. The van der Waals surface area contributed by atoms with Crippen molar-refractivity contribution in [3.8, 4) is 0 Å². The van der Waals surface area contributed by atoms with E-state index < -0.39 is 6.10 Å². The normalized spacial score (nSPS) is 13.9. The molecular formula is C13H20N2O3. The molecule has 0 bridgehead atoms. The summed E-state index contributed by atoms with van der Waals surface area (Å²) >= 11 is 0. The van der Waals surface area contributed by atoms with Crippen LogP contribution in [0.3, 0.4) is 0 Å². The summed E-state index contributed by atoms with van der Waals surface area (Å²) in [6.45, 7) is 4.37. The summed E-state index contributed by atoms with van der Waals surface area (Å²) in [7, 11) is 0. The third kappa shape index (κ3) is 5.25. The maximum absolute atomic E-state index is 11.1. The molecule has 1 heterocycles. The van der Waals surface area contributed by atoms with Gasteiger partial charge in [-0.05, 0) is 26.0 Å². The number of aliphatic hydroxyl groups is 1. The Bertz CT molecular complexity index is 357. The van der Waals surface area contributed by atoms with Gasteiger partial charge in [0.25, 0.3) is 0 Å². The number of esters is 1. The van der Waals surface area contributed by atoms with Crippen LogP contribution in [0.1, 0.15) is 32.0 Å². The highest BCUT2D eigenvalue weighted by Gasteiger charge is 2.13. The summed E-state index contributed by atoms with van der Waals surface area (Å²) in [6.07, 6.45) is 0.994. The van der Waals surface area contributed by atoms with Gasteiger partial charge in [0.05, 0.1) is 24.8 Å². The van der Waals surface area contributed by atoms with Crippen LogP contribution in [0.5, 0.6) is 0 Å². The summed E-state index contributed by atoms with van der Waals surface area (Å²) in [4.78, 5) is 15.4. The standard InChI is InChI=1S/C13H20N2O3/c1-3-18-13(17)8-11(16)9-15-10(2)12-6-4-5-7-14-12/h4-7,10-11,15-16H,3,8-9H2,1-2H3/t10-,11?/m0/s1. The molecule has 1 rings (SSSR count). The van der Waals surface area contributed by atoms with E-state index in [2.05, 4.69) is 10.3 Å². The molecule has 100 valence electrons. The number of ether oxygens (including phenoxy) is 1. The second kappa shape index (κ2) is 7.79. The van der Waals surface area contributed by atoms with E-state index in [1.54, 1.807) is 13.1 Å². The molecule has 18 heavy (non-hydrogen) atoms. The molecule has 0 aromatic carbocycles. The van der Waals surface area contributed by atoms with Crippen molar-refractivity contribution in [3.05, 3.63) is 30.1 Å². The number of aliphatic hydroxyl groups excluding tert-OH is 1. The molecule has 0 saturated carbocycles. The highest BCUT2D eigenvalue weighted by Crippen LogP contribution is 2.07. The smallest absolute Gasteiger partial charge is 0.308 e. The van der Waals surface area contributed by atoms with Crippen LogP contribution >= 0.6 is 0 Å². The molecule has 0 aliphatic rings. The fourth-order valence-electron chi connectivity index (χ4n) is 1.53. The predicted molar refractivity (Wildman–Crippen MR) is 67.9 cm³/mol. The first-order valence-corrected chi connectivity index (χ1v) is 6.11. The summed E-state index contributed by atoms with van der Waals surface area (Å²) < 4.78 is 4.76. The fraction of sp³-hybridized carbons (Fsp3) is 0.538. The number of nitrogens with one attached hydrogen (secondary N) is 1. The average molecular weight is 252 g/mol. The van der Waals surface area contributed by atoms with Crippen LogP contribution in [0.25, 0.3) is 0 Å². The van der Waals surface area contributed by atoms with Crippen LogP contribution in [0.2, 0.25) is 0 Å². The Hall–Kier alpha value is -1.46. The van der Waals surface area contributed by atoms with Gasteiger partial charge in [-0.3, -0.25) is 9.78 Å². The maximum atomic E-state index is 11.1. The van der Waals surface area contributed by atoms with E-state index in [-0.39, 0.29) is 18.4 Å². The topological polar surface area (TPSA) is 71.5 Å². The summed E-state index contributed by atoms with van der Waals surface area (Å²) in [5, 5.41) is 12.8. The van der Waals surface area contributed by atoms with Gasteiger partial charge in [-0.25, -0.2) is 0 Å². The van der Waals surface area contributed by atoms with Crippen molar-refractivity contribution in [1.29, 1.82) is 0 Å². The van der Waals surface area contributed by atoms with E-state index in [9.17, 15) is 9.90 Å². The minimum atomic E-state index is -0.741. The van der Waals surface area contributed by atoms with E-state index in [0.717, 1.165) is 5.69 Å². The lowest BCUT2D eigenvalue weighted by molar-refractivity contribution is -0.145. The van der Waals surface area contributed by atoms with Crippen LogP contribution in [0.4, 0.5) is 0 Å². The van der Waals surface area contributed by atoms with Gasteiger partial charge >= 0.3 is 5.97 Å². The number of hydrogen-bond acceptors (Lipinski definition) is 5. The minimum absolute atomic E-state index is 0.00970. The molecule has 0 aliphatic heterocycles. The van der Waals surface area contributed by atoms with E-state index in [1.807, 2.05) is 25.1 Å². The molecule has 1 aromatic heterocycles. The quantitative estimate of drug-likeness (QED) is 0.710. The van der Waals surface area contributed by atoms with Gasteiger partial charge in [0.2, 0.25) is 0 Å². The SMILES string of the molecule is CCOC(=O)CC(O)CN[C@@H](C)c1ccccn1. The largest absolute Gasteiger partial charge is 0.466 e. The van der Waals surface area contributed by atoms with Crippen molar-refractivity contribution in [3.63, 3.8) is 0 Å².